The largest absolute Gasteiger partial charge is 0.339 e. The van der Waals surface area contributed by atoms with Crippen LogP contribution in [0.3, 0.4) is 0 Å². The van der Waals surface area contributed by atoms with Gasteiger partial charge >= 0.3 is 0 Å². The Bertz CT molecular complexity index is 456. The van der Waals surface area contributed by atoms with E-state index < -0.39 is 0 Å². The predicted molar refractivity (Wildman–Crippen MR) is 66.7 cm³/mol. The molecule has 76 valence electrons. The molecular weight excluding hydrogens is 275 g/mol. The van der Waals surface area contributed by atoms with E-state index in [4.69, 9.17) is 11.6 Å². The van der Waals surface area contributed by atoms with E-state index in [1.54, 1.807) is 6.20 Å². The maximum atomic E-state index is 6.01. The Morgan fingerprint density at radius 3 is 2.60 bits per heavy atom. The van der Waals surface area contributed by atoms with Gasteiger partial charge in [0.15, 0.2) is 0 Å². The minimum atomic E-state index is 0.683. The highest BCUT2D eigenvalue weighted by molar-refractivity contribution is 9.10. The van der Waals surface area contributed by atoms with Gasteiger partial charge in [-0.15, -0.1) is 0 Å². The van der Waals surface area contributed by atoms with Gasteiger partial charge in [0.2, 0.25) is 0 Å². The van der Waals surface area contributed by atoms with Gasteiger partial charge in [-0.1, -0.05) is 23.7 Å². The van der Waals surface area contributed by atoms with E-state index in [1.807, 2.05) is 36.4 Å². The lowest BCUT2D eigenvalue weighted by Crippen LogP contribution is -1.93. The molecule has 0 radical (unpaired) electrons. The van der Waals surface area contributed by atoms with Crippen LogP contribution in [0.5, 0.6) is 0 Å². The number of benzene rings is 1. The Balaban J connectivity index is 2.22. The van der Waals surface area contributed by atoms with Crippen molar-refractivity contribution in [1.82, 2.24) is 4.98 Å². The summed E-state index contributed by atoms with van der Waals surface area (Å²) in [5.74, 6) is 0.770. The summed E-state index contributed by atoms with van der Waals surface area (Å²) < 4.78 is 0.951. The molecule has 0 unspecified atom stereocenters. The van der Waals surface area contributed by atoms with E-state index >= 15 is 0 Å². The molecule has 0 spiro atoms. The number of halogens is 2. The van der Waals surface area contributed by atoms with Crippen LogP contribution in [-0.4, -0.2) is 4.98 Å². The van der Waals surface area contributed by atoms with Crippen molar-refractivity contribution in [3.05, 3.63) is 52.1 Å². The molecule has 1 aromatic heterocycles. The summed E-state index contributed by atoms with van der Waals surface area (Å²) in [6, 6.07) is 11.4. The van der Waals surface area contributed by atoms with Crippen LogP contribution in [-0.2, 0) is 0 Å². The highest BCUT2D eigenvalue weighted by Gasteiger charge is 1.99. The minimum absolute atomic E-state index is 0.683. The van der Waals surface area contributed by atoms with Gasteiger partial charge in [-0.25, -0.2) is 4.98 Å². The lowest BCUT2D eigenvalue weighted by Gasteiger charge is -2.06. The van der Waals surface area contributed by atoms with Crippen molar-refractivity contribution >= 4 is 39.0 Å². The third kappa shape index (κ3) is 2.70. The molecule has 1 heterocycles. The second kappa shape index (κ2) is 4.64. The Labute approximate surface area is 101 Å². The Kier molecular flexibility index (Phi) is 3.23. The van der Waals surface area contributed by atoms with Gasteiger partial charge in [0, 0.05) is 10.7 Å². The number of pyridine rings is 1. The minimum Gasteiger partial charge on any atom is -0.339 e. The van der Waals surface area contributed by atoms with E-state index in [-0.39, 0.29) is 0 Å². The molecule has 15 heavy (non-hydrogen) atoms. The summed E-state index contributed by atoms with van der Waals surface area (Å²) in [7, 11) is 0. The van der Waals surface area contributed by atoms with Crippen molar-refractivity contribution in [3.8, 4) is 0 Å². The second-order valence-corrected chi connectivity index (χ2v) is 4.29. The molecular formula is C11H8BrClN2. The quantitative estimate of drug-likeness (QED) is 0.891. The number of nitrogens with one attached hydrogen (secondary N) is 1. The Hall–Kier alpha value is -1.06. The summed E-state index contributed by atoms with van der Waals surface area (Å²) in [6.07, 6.45) is 1.74. The molecule has 1 N–H and O–H groups in total. The molecule has 4 heteroatoms. The molecule has 2 rings (SSSR count). The van der Waals surface area contributed by atoms with Crippen molar-refractivity contribution in [1.29, 1.82) is 0 Å². The molecule has 2 nitrogen and oxygen atoms in total. The van der Waals surface area contributed by atoms with Gasteiger partial charge in [-0.05, 0) is 40.2 Å². The first-order chi connectivity index (χ1) is 7.25. The highest BCUT2D eigenvalue weighted by atomic mass is 79.9. The summed E-state index contributed by atoms with van der Waals surface area (Å²) in [4.78, 5) is 4.20. The number of aromatic nitrogens is 1. The first-order valence-electron chi connectivity index (χ1n) is 4.39. The van der Waals surface area contributed by atoms with Gasteiger partial charge in [-0.2, -0.15) is 0 Å². The normalized spacial score (nSPS) is 10.0. The predicted octanol–water partition coefficient (Wildman–Crippen LogP) is 4.24. The van der Waals surface area contributed by atoms with E-state index in [0.717, 1.165) is 16.0 Å². The first kappa shape index (κ1) is 10.5. The highest BCUT2D eigenvalue weighted by Crippen LogP contribution is 2.24. The zero-order valence-corrected chi connectivity index (χ0v) is 10.1. The lowest BCUT2D eigenvalue weighted by molar-refractivity contribution is 1.29. The Morgan fingerprint density at radius 1 is 1.13 bits per heavy atom. The van der Waals surface area contributed by atoms with Gasteiger partial charge in [-0.3, -0.25) is 0 Å². The number of nitrogens with zero attached hydrogens (tertiary/aromatic N) is 1. The molecule has 0 saturated carbocycles. The zero-order valence-electron chi connectivity index (χ0n) is 7.74. The first-order valence-corrected chi connectivity index (χ1v) is 5.56. The molecule has 0 amide bonds. The molecule has 0 aliphatic rings. The molecule has 0 aliphatic carbocycles. The monoisotopic (exact) mass is 282 g/mol. The molecule has 0 atom stereocenters. The fourth-order valence-corrected chi connectivity index (χ4v) is 1.57. The van der Waals surface area contributed by atoms with Crippen LogP contribution in [0.25, 0.3) is 0 Å². The van der Waals surface area contributed by atoms with Gasteiger partial charge in [0.1, 0.15) is 5.82 Å². The average molecular weight is 284 g/mol. The lowest BCUT2D eigenvalue weighted by atomic mass is 10.3. The summed E-state index contributed by atoms with van der Waals surface area (Å²) >= 11 is 9.33. The number of para-hydroxylation sites is 1. The smallest absolute Gasteiger partial charge is 0.130 e. The average Bonchev–Trinajstić information content (AvgIpc) is 2.25. The summed E-state index contributed by atoms with van der Waals surface area (Å²) in [6.45, 7) is 0. The van der Waals surface area contributed by atoms with E-state index in [2.05, 4.69) is 26.2 Å². The summed E-state index contributed by atoms with van der Waals surface area (Å²) in [5, 5.41) is 3.82. The van der Waals surface area contributed by atoms with Crippen molar-refractivity contribution in [3.63, 3.8) is 0 Å². The van der Waals surface area contributed by atoms with Crippen LogP contribution >= 0.6 is 27.5 Å². The van der Waals surface area contributed by atoms with Gasteiger partial charge in [0.25, 0.3) is 0 Å². The van der Waals surface area contributed by atoms with Crippen molar-refractivity contribution in [2.24, 2.45) is 0 Å². The number of hydrogen-bond acceptors (Lipinski definition) is 2. The van der Waals surface area contributed by atoms with Crippen LogP contribution in [0, 0.1) is 0 Å². The van der Waals surface area contributed by atoms with Crippen molar-refractivity contribution in [2.75, 3.05) is 5.32 Å². The van der Waals surface area contributed by atoms with Gasteiger partial charge in [0.05, 0.1) is 10.7 Å². The fraction of sp³-hybridized carbons (Fsp3) is 0. The van der Waals surface area contributed by atoms with Gasteiger partial charge < -0.3 is 5.32 Å². The number of rotatable bonds is 2. The third-order valence-electron chi connectivity index (χ3n) is 1.86. The SMILES string of the molecule is Clc1ccccc1Nc1ccc(Br)cn1. The van der Waals surface area contributed by atoms with E-state index in [9.17, 15) is 0 Å². The van der Waals surface area contributed by atoms with Crippen LogP contribution in [0.2, 0.25) is 5.02 Å². The fourth-order valence-electron chi connectivity index (χ4n) is 1.15. The molecule has 0 saturated heterocycles. The molecule has 0 aliphatic heterocycles. The third-order valence-corrected chi connectivity index (χ3v) is 2.66. The van der Waals surface area contributed by atoms with Crippen LogP contribution in [0.15, 0.2) is 47.1 Å². The molecule has 2 aromatic rings. The van der Waals surface area contributed by atoms with Crippen molar-refractivity contribution in [2.45, 2.75) is 0 Å². The second-order valence-electron chi connectivity index (χ2n) is 2.97. The standard InChI is InChI=1S/C11H8BrClN2/c12-8-5-6-11(14-7-8)15-10-4-2-1-3-9(10)13/h1-7H,(H,14,15). The van der Waals surface area contributed by atoms with Crippen LogP contribution in [0.4, 0.5) is 11.5 Å². The zero-order chi connectivity index (χ0) is 10.7. The Morgan fingerprint density at radius 2 is 1.93 bits per heavy atom. The molecule has 1 aromatic carbocycles. The number of hydrogen-bond donors (Lipinski definition) is 1. The van der Waals surface area contributed by atoms with E-state index in [1.165, 1.54) is 0 Å². The molecule has 0 fully saturated rings. The molecule has 0 bridgehead atoms. The van der Waals surface area contributed by atoms with Crippen LogP contribution in [0.1, 0.15) is 0 Å². The maximum Gasteiger partial charge on any atom is 0.130 e. The number of anilines is 2. The van der Waals surface area contributed by atoms with E-state index in [0.29, 0.717) is 5.02 Å². The summed E-state index contributed by atoms with van der Waals surface area (Å²) in [5.41, 5.74) is 0.856. The van der Waals surface area contributed by atoms with Crippen LogP contribution < -0.4 is 5.32 Å². The maximum absolute atomic E-state index is 6.01. The van der Waals surface area contributed by atoms with Crippen molar-refractivity contribution < 1.29 is 0 Å². The topological polar surface area (TPSA) is 24.9 Å².